The van der Waals surface area contributed by atoms with Crippen molar-refractivity contribution >= 4 is 5.82 Å². The van der Waals surface area contributed by atoms with Crippen LogP contribution in [0.25, 0.3) is 0 Å². The predicted octanol–water partition coefficient (Wildman–Crippen LogP) is 1.72. The van der Waals surface area contributed by atoms with Gasteiger partial charge in [0.15, 0.2) is 5.82 Å². The molecule has 0 radical (unpaired) electrons. The standard InChI is InChI=1S/C12H21N3O3/c1-12(2,17-5)6-7-18-11-9(16-4)10(13-3)14-8-15-11/h8H,6-7H2,1-5H3,(H,13,14,15). The molecule has 0 unspecified atom stereocenters. The minimum absolute atomic E-state index is 0.216. The summed E-state index contributed by atoms with van der Waals surface area (Å²) in [6, 6.07) is 0. The van der Waals surface area contributed by atoms with E-state index in [1.807, 2.05) is 13.8 Å². The van der Waals surface area contributed by atoms with E-state index in [0.717, 1.165) is 6.42 Å². The number of methoxy groups -OCH3 is 2. The molecule has 0 atom stereocenters. The van der Waals surface area contributed by atoms with Crippen molar-refractivity contribution in [2.24, 2.45) is 0 Å². The average Bonchev–Trinajstić information content (AvgIpc) is 2.38. The van der Waals surface area contributed by atoms with Crippen molar-refractivity contribution in [1.82, 2.24) is 9.97 Å². The summed E-state index contributed by atoms with van der Waals surface area (Å²) in [5.41, 5.74) is -0.216. The summed E-state index contributed by atoms with van der Waals surface area (Å²) in [5, 5.41) is 2.92. The third kappa shape index (κ3) is 3.73. The Bertz CT molecular complexity index is 383. The smallest absolute Gasteiger partial charge is 0.262 e. The molecule has 0 fully saturated rings. The molecule has 1 aromatic heterocycles. The monoisotopic (exact) mass is 255 g/mol. The number of nitrogens with zero attached hydrogens (tertiary/aromatic N) is 2. The molecule has 0 aromatic carbocycles. The van der Waals surface area contributed by atoms with E-state index in [4.69, 9.17) is 14.2 Å². The maximum Gasteiger partial charge on any atom is 0.262 e. The molecule has 1 heterocycles. The van der Waals surface area contributed by atoms with Gasteiger partial charge in [0, 0.05) is 20.6 Å². The molecule has 18 heavy (non-hydrogen) atoms. The van der Waals surface area contributed by atoms with Crippen LogP contribution in [0.15, 0.2) is 6.33 Å². The van der Waals surface area contributed by atoms with Crippen molar-refractivity contribution in [2.75, 3.05) is 33.2 Å². The molecule has 6 heteroatoms. The number of rotatable bonds is 7. The Morgan fingerprint density at radius 3 is 2.56 bits per heavy atom. The van der Waals surface area contributed by atoms with Crippen LogP contribution in [0, 0.1) is 0 Å². The van der Waals surface area contributed by atoms with E-state index >= 15 is 0 Å². The van der Waals surface area contributed by atoms with Gasteiger partial charge in [0.25, 0.3) is 5.88 Å². The zero-order valence-corrected chi connectivity index (χ0v) is 11.6. The van der Waals surface area contributed by atoms with E-state index in [9.17, 15) is 0 Å². The lowest BCUT2D eigenvalue weighted by Gasteiger charge is -2.22. The van der Waals surface area contributed by atoms with Crippen LogP contribution in [0.3, 0.4) is 0 Å². The molecule has 102 valence electrons. The van der Waals surface area contributed by atoms with Crippen LogP contribution in [0.2, 0.25) is 0 Å². The van der Waals surface area contributed by atoms with Gasteiger partial charge in [-0.05, 0) is 13.8 Å². The van der Waals surface area contributed by atoms with Crippen LogP contribution >= 0.6 is 0 Å². The van der Waals surface area contributed by atoms with Gasteiger partial charge in [-0.1, -0.05) is 0 Å². The van der Waals surface area contributed by atoms with Gasteiger partial charge in [0.05, 0.1) is 19.3 Å². The molecular weight excluding hydrogens is 234 g/mol. The van der Waals surface area contributed by atoms with Crippen molar-refractivity contribution in [3.8, 4) is 11.6 Å². The van der Waals surface area contributed by atoms with Crippen molar-refractivity contribution in [3.05, 3.63) is 6.33 Å². The third-order valence-electron chi connectivity index (χ3n) is 2.71. The minimum atomic E-state index is -0.216. The molecule has 0 spiro atoms. The molecule has 6 nitrogen and oxygen atoms in total. The maximum atomic E-state index is 5.61. The number of ether oxygens (including phenoxy) is 3. The molecule has 0 bridgehead atoms. The Labute approximate surface area is 108 Å². The van der Waals surface area contributed by atoms with E-state index in [-0.39, 0.29) is 5.60 Å². The van der Waals surface area contributed by atoms with E-state index in [1.54, 1.807) is 21.3 Å². The first-order valence-corrected chi connectivity index (χ1v) is 5.78. The molecule has 0 aliphatic rings. The number of hydrogen-bond donors (Lipinski definition) is 1. The average molecular weight is 255 g/mol. The number of anilines is 1. The van der Waals surface area contributed by atoms with Gasteiger partial charge in [-0.25, -0.2) is 4.98 Å². The fraction of sp³-hybridized carbons (Fsp3) is 0.667. The number of hydrogen-bond acceptors (Lipinski definition) is 6. The van der Waals surface area contributed by atoms with Crippen LogP contribution in [-0.2, 0) is 4.74 Å². The van der Waals surface area contributed by atoms with Gasteiger partial charge >= 0.3 is 0 Å². The molecule has 0 aliphatic heterocycles. The second-order valence-electron chi connectivity index (χ2n) is 4.37. The summed E-state index contributed by atoms with van der Waals surface area (Å²) in [7, 11) is 5.01. The van der Waals surface area contributed by atoms with E-state index in [0.29, 0.717) is 24.1 Å². The molecule has 0 amide bonds. The molecule has 0 aliphatic carbocycles. The summed E-state index contributed by atoms with van der Waals surface area (Å²) < 4.78 is 16.2. The van der Waals surface area contributed by atoms with Gasteiger partial charge in [-0.15, -0.1) is 0 Å². The highest BCUT2D eigenvalue weighted by atomic mass is 16.5. The molecule has 1 N–H and O–H groups in total. The topological polar surface area (TPSA) is 65.5 Å². The fourth-order valence-electron chi connectivity index (χ4n) is 1.32. The fourth-order valence-corrected chi connectivity index (χ4v) is 1.32. The highest BCUT2D eigenvalue weighted by molar-refractivity contribution is 5.54. The first-order chi connectivity index (χ1) is 8.54. The quantitative estimate of drug-likeness (QED) is 0.800. The number of nitrogens with one attached hydrogen (secondary N) is 1. The third-order valence-corrected chi connectivity index (χ3v) is 2.71. The Morgan fingerprint density at radius 1 is 1.28 bits per heavy atom. The molecule has 0 saturated heterocycles. The lowest BCUT2D eigenvalue weighted by Crippen LogP contribution is -2.25. The molecular formula is C12H21N3O3. The van der Waals surface area contributed by atoms with Crippen molar-refractivity contribution in [3.63, 3.8) is 0 Å². The lowest BCUT2D eigenvalue weighted by molar-refractivity contribution is 0.00485. The Kier molecular flexibility index (Phi) is 5.15. The zero-order valence-electron chi connectivity index (χ0n) is 11.6. The highest BCUT2D eigenvalue weighted by Gasteiger charge is 2.18. The SMILES string of the molecule is CNc1ncnc(OCCC(C)(C)OC)c1OC. The van der Waals surface area contributed by atoms with Gasteiger partial charge in [-0.2, -0.15) is 4.98 Å². The van der Waals surface area contributed by atoms with Gasteiger partial charge in [-0.3, -0.25) is 0 Å². The largest absolute Gasteiger partial charge is 0.489 e. The summed E-state index contributed by atoms with van der Waals surface area (Å²) >= 11 is 0. The Morgan fingerprint density at radius 2 is 2.00 bits per heavy atom. The van der Waals surface area contributed by atoms with Crippen LogP contribution in [0.5, 0.6) is 11.6 Å². The van der Waals surface area contributed by atoms with Crippen LogP contribution in [0.4, 0.5) is 5.82 Å². The second kappa shape index (κ2) is 6.39. The highest BCUT2D eigenvalue weighted by Crippen LogP contribution is 2.30. The maximum absolute atomic E-state index is 5.61. The minimum Gasteiger partial charge on any atom is -0.489 e. The number of aromatic nitrogens is 2. The summed E-state index contributed by atoms with van der Waals surface area (Å²) in [6.45, 7) is 4.51. The Balaban J connectivity index is 2.67. The van der Waals surface area contributed by atoms with E-state index in [2.05, 4.69) is 15.3 Å². The summed E-state index contributed by atoms with van der Waals surface area (Å²) in [5.74, 6) is 1.55. The summed E-state index contributed by atoms with van der Waals surface area (Å²) in [4.78, 5) is 8.11. The van der Waals surface area contributed by atoms with Gasteiger partial charge in [0.1, 0.15) is 6.33 Å². The van der Waals surface area contributed by atoms with Gasteiger partial charge < -0.3 is 19.5 Å². The van der Waals surface area contributed by atoms with Crippen molar-refractivity contribution in [1.29, 1.82) is 0 Å². The van der Waals surface area contributed by atoms with Crippen molar-refractivity contribution < 1.29 is 14.2 Å². The van der Waals surface area contributed by atoms with Crippen molar-refractivity contribution in [2.45, 2.75) is 25.9 Å². The predicted molar refractivity (Wildman–Crippen MR) is 69.3 cm³/mol. The summed E-state index contributed by atoms with van der Waals surface area (Å²) in [6.07, 6.45) is 2.19. The zero-order chi connectivity index (χ0) is 13.6. The molecule has 1 rings (SSSR count). The Hall–Kier alpha value is -1.56. The molecule has 1 aromatic rings. The van der Waals surface area contributed by atoms with E-state index in [1.165, 1.54) is 6.33 Å². The van der Waals surface area contributed by atoms with Crippen LogP contribution in [-0.4, -0.2) is 43.4 Å². The van der Waals surface area contributed by atoms with E-state index < -0.39 is 0 Å². The normalized spacial score (nSPS) is 11.2. The lowest BCUT2D eigenvalue weighted by atomic mass is 10.1. The van der Waals surface area contributed by atoms with Crippen LogP contribution < -0.4 is 14.8 Å². The molecule has 0 saturated carbocycles. The first-order valence-electron chi connectivity index (χ1n) is 5.78. The van der Waals surface area contributed by atoms with Crippen LogP contribution in [0.1, 0.15) is 20.3 Å². The first kappa shape index (κ1) is 14.5. The van der Waals surface area contributed by atoms with Gasteiger partial charge in [0.2, 0.25) is 5.75 Å². The second-order valence-corrected chi connectivity index (χ2v) is 4.37.